The number of amides is 1. The van der Waals surface area contributed by atoms with Crippen LogP contribution >= 0.6 is 11.6 Å². The molecular formula is C19H23ClN2O3S. The molecule has 0 heterocycles. The van der Waals surface area contributed by atoms with Gasteiger partial charge in [-0.05, 0) is 55.7 Å². The summed E-state index contributed by atoms with van der Waals surface area (Å²) in [7, 11) is -3.55. The van der Waals surface area contributed by atoms with Gasteiger partial charge in [-0.15, -0.1) is 0 Å². The van der Waals surface area contributed by atoms with E-state index in [4.69, 9.17) is 11.6 Å². The number of nitrogens with one attached hydrogen (secondary N) is 1. The molecule has 0 saturated heterocycles. The summed E-state index contributed by atoms with van der Waals surface area (Å²) < 4.78 is 25.7. The standard InChI is InChI=1S/C19H23ClN2O3S/c1-13-6-5-7-17(15(13)3)21-19(23)10-11-22(26(4,24)25)18-12-16(20)9-8-14(18)2/h5-9,12H,10-11H2,1-4H3,(H,21,23). The predicted molar refractivity (Wildman–Crippen MR) is 108 cm³/mol. The van der Waals surface area contributed by atoms with Crippen LogP contribution in [0.4, 0.5) is 11.4 Å². The van der Waals surface area contributed by atoms with E-state index in [1.165, 1.54) is 4.31 Å². The van der Waals surface area contributed by atoms with Crippen LogP contribution in [0.3, 0.4) is 0 Å². The van der Waals surface area contributed by atoms with Gasteiger partial charge >= 0.3 is 0 Å². The smallest absolute Gasteiger partial charge is 0.232 e. The van der Waals surface area contributed by atoms with Gasteiger partial charge in [-0.2, -0.15) is 0 Å². The molecule has 5 nitrogen and oxygen atoms in total. The first-order valence-corrected chi connectivity index (χ1v) is 10.4. The molecule has 0 aromatic heterocycles. The van der Waals surface area contributed by atoms with Gasteiger partial charge in [0.1, 0.15) is 0 Å². The lowest BCUT2D eigenvalue weighted by Crippen LogP contribution is -2.33. The normalized spacial score (nSPS) is 11.3. The Hall–Kier alpha value is -2.05. The number of sulfonamides is 1. The highest BCUT2D eigenvalue weighted by Crippen LogP contribution is 2.26. The second-order valence-corrected chi connectivity index (χ2v) is 8.65. The number of rotatable bonds is 6. The third-order valence-corrected chi connectivity index (χ3v) is 5.68. The predicted octanol–water partition coefficient (Wildman–Crippen LogP) is 4.06. The van der Waals surface area contributed by atoms with Crippen LogP contribution in [0.25, 0.3) is 0 Å². The minimum atomic E-state index is -3.55. The van der Waals surface area contributed by atoms with Gasteiger partial charge in [0.2, 0.25) is 15.9 Å². The van der Waals surface area contributed by atoms with Gasteiger partial charge in [-0.1, -0.05) is 29.8 Å². The molecule has 7 heteroatoms. The highest BCUT2D eigenvalue weighted by Gasteiger charge is 2.21. The van der Waals surface area contributed by atoms with E-state index in [0.29, 0.717) is 10.7 Å². The summed E-state index contributed by atoms with van der Waals surface area (Å²) in [5, 5.41) is 3.29. The Bertz CT molecular complexity index is 926. The molecule has 1 amide bonds. The molecule has 0 saturated carbocycles. The number of anilines is 2. The van der Waals surface area contributed by atoms with E-state index in [-0.39, 0.29) is 18.9 Å². The average Bonchev–Trinajstić information content (AvgIpc) is 2.54. The van der Waals surface area contributed by atoms with E-state index in [1.54, 1.807) is 25.1 Å². The Morgan fingerprint density at radius 3 is 2.46 bits per heavy atom. The van der Waals surface area contributed by atoms with E-state index in [1.807, 2.05) is 32.0 Å². The topological polar surface area (TPSA) is 66.5 Å². The molecule has 140 valence electrons. The number of benzene rings is 2. The number of halogens is 1. The first-order valence-electron chi connectivity index (χ1n) is 8.19. The Morgan fingerprint density at radius 2 is 1.81 bits per heavy atom. The maximum absolute atomic E-state index is 12.3. The molecule has 0 fully saturated rings. The monoisotopic (exact) mass is 394 g/mol. The van der Waals surface area contributed by atoms with Crippen LogP contribution in [0, 0.1) is 20.8 Å². The van der Waals surface area contributed by atoms with Crippen molar-refractivity contribution in [2.75, 3.05) is 22.4 Å². The van der Waals surface area contributed by atoms with E-state index >= 15 is 0 Å². The van der Waals surface area contributed by atoms with Gasteiger partial charge < -0.3 is 5.32 Å². The molecule has 0 bridgehead atoms. The van der Waals surface area contributed by atoms with Gasteiger partial charge in [0.15, 0.2) is 0 Å². The third-order valence-electron chi connectivity index (χ3n) is 4.26. The summed E-state index contributed by atoms with van der Waals surface area (Å²) in [4.78, 5) is 12.3. The quantitative estimate of drug-likeness (QED) is 0.803. The Labute approximate surface area is 160 Å². The Balaban J connectivity index is 2.16. The summed E-state index contributed by atoms with van der Waals surface area (Å²) in [6.07, 6.45) is 1.16. The SMILES string of the molecule is Cc1ccc(Cl)cc1N(CCC(=O)Nc1cccc(C)c1C)S(C)(=O)=O. The third kappa shape index (κ3) is 4.99. The molecule has 0 unspecified atom stereocenters. The van der Waals surface area contributed by atoms with E-state index in [9.17, 15) is 13.2 Å². The molecule has 0 aliphatic carbocycles. The van der Waals surface area contributed by atoms with E-state index < -0.39 is 10.0 Å². The fourth-order valence-corrected chi connectivity index (χ4v) is 3.76. The molecular weight excluding hydrogens is 372 g/mol. The van der Waals surface area contributed by atoms with Gasteiger partial charge in [-0.25, -0.2) is 8.42 Å². The first kappa shape index (κ1) is 20.3. The van der Waals surface area contributed by atoms with Crippen LogP contribution in [0.2, 0.25) is 5.02 Å². The highest BCUT2D eigenvalue weighted by atomic mass is 35.5. The number of hydrogen-bond acceptors (Lipinski definition) is 3. The van der Waals surface area contributed by atoms with E-state index in [2.05, 4.69) is 5.32 Å². The van der Waals surface area contributed by atoms with Crippen molar-refractivity contribution >= 4 is 38.9 Å². The number of hydrogen-bond donors (Lipinski definition) is 1. The average molecular weight is 395 g/mol. The highest BCUT2D eigenvalue weighted by molar-refractivity contribution is 7.92. The molecule has 2 aromatic rings. The van der Waals surface area contributed by atoms with Gasteiger partial charge in [0.25, 0.3) is 0 Å². The molecule has 2 rings (SSSR count). The Kier molecular flexibility index (Phi) is 6.31. The van der Waals surface area contributed by atoms with Crippen molar-refractivity contribution in [1.82, 2.24) is 0 Å². The second-order valence-electron chi connectivity index (χ2n) is 6.31. The summed E-state index contributed by atoms with van der Waals surface area (Å²) >= 11 is 6.01. The minimum absolute atomic E-state index is 0.0341. The number of nitrogens with zero attached hydrogens (tertiary/aromatic N) is 1. The summed E-state index contributed by atoms with van der Waals surface area (Å²) in [5.41, 5.74) is 4.07. The number of carbonyl (C=O) groups is 1. The zero-order chi connectivity index (χ0) is 19.5. The van der Waals surface area contributed by atoms with E-state index in [0.717, 1.165) is 28.6 Å². The molecule has 0 aliphatic rings. The molecule has 1 N–H and O–H groups in total. The molecule has 26 heavy (non-hydrogen) atoms. The van der Waals surface area contributed by atoms with Crippen molar-refractivity contribution in [3.63, 3.8) is 0 Å². The van der Waals surface area contributed by atoms with Gasteiger partial charge in [0, 0.05) is 23.7 Å². The zero-order valence-corrected chi connectivity index (χ0v) is 16.9. The van der Waals surface area contributed by atoms with Gasteiger partial charge in [-0.3, -0.25) is 9.10 Å². The van der Waals surface area contributed by atoms with Crippen molar-refractivity contribution in [3.8, 4) is 0 Å². The van der Waals surface area contributed by atoms with Crippen LogP contribution in [-0.4, -0.2) is 27.1 Å². The Morgan fingerprint density at radius 1 is 1.12 bits per heavy atom. The fourth-order valence-electron chi connectivity index (χ4n) is 2.62. The molecule has 0 spiro atoms. The van der Waals surface area contributed by atoms with Crippen molar-refractivity contribution in [1.29, 1.82) is 0 Å². The molecule has 0 radical (unpaired) electrons. The number of aryl methyl sites for hydroxylation is 2. The van der Waals surface area contributed by atoms with Gasteiger partial charge in [0.05, 0.1) is 11.9 Å². The lowest BCUT2D eigenvalue weighted by atomic mass is 10.1. The van der Waals surface area contributed by atoms with Crippen LogP contribution in [0.15, 0.2) is 36.4 Å². The first-order chi connectivity index (χ1) is 12.1. The molecule has 0 atom stereocenters. The largest absolute Gasteiger partial charge is 0.326 e. The fraction of sp³-hybridized carbons (Fsp3) is 0.316. The minimum Gasteiger partial charge on any atom is -0.326 e. The van der Waals surface area contributed by atoms with Crippen molar-refractivity contribution in [2.24, 2.45) is 0 Å². The lowest BCUT2D eigenvalue weighted by Gasteiger charge is -2.24. The van der Waals surface area contributed by atoms with Crippen LogP contribution in [-0.2, 0) is 14.8 Å². The summed E-state index contributed by atoms with van der Waals surface area (Å²) in [6, 6.07) is 10.7. The summed E-state index contributed by atoms with van der Waals surface area (Å²) in [5.74, 6) is -0.243. The van der Waals surface area contributed by atoms with Crippen molar-refractivity contribution in [2.45, 2.75) is 27.2 Å². The molecule has 0 aliphatic heterocycles. The number of carbonyl (C=O) groups excluding carboxylic acids is 1. The van der Waals surface area contributed by atoms with Crippen LogP contribution in [0.5, 0.6) is 0 Å². The van der Waals surface area contributed by atoms with Crippen LogP contribution in [0.1, 0.15) is 23.1 Å². The lowest BCUT2D eigenvalue weighted by molar-refractivity contribution is -0.116. The second kappa shape index (κ2) is 8.10. The van der Waals surface area contributed by atoms with Crippen LogP contribution < -0.4 is 9.62 Å². The maximum atomic E-state index is 12.3. The molecule has 2 aromatic carbocycles. The van der Waals surface area contributed by atoms with Crippen molar-refractivity contribution < 1.29 is 13.2 Å². The van der Waals surface area contributed by atoms with Crippen molar-refractivity contribution in [3.05, 3.63) is 58.1 Å². The maximum Gasteiger partial charge on any atom is 0.232 e. The zero-order valence-electron chi connectivity index (χ0n) is 15.3. The summed E-state index contributed by atoms with van der Waals surface area (Å²) in [6.45, 7) is 5.75.